The van der Waals surface area contributed by atoms with E-state index >= 15 is 0 Å². The van der Waals surface area contributed by atoms with Crippen molar-refractivity contribution in [3.63, 3.8) is 0 Å². The Hall–Kier alpha value is -2.24. The van der Waals surface area contributed by atoms with Crippen LogP contribution in [-0.2, 0) is 4.74 Å². The molecule has 0 aliphatic carbocycles. The van der Waals surface area contributed by atoms with Crippen molar-refractivity contribution >= 4 is 46.6 Å². The lowest BCUT2D eigenvalue weighted by Gasteiger charge is -2.09. The summed E-state index contributed by atoms with van der Waals surface area (Å²) in [4.78, 5) is 24.0. The molecule has 2 aromatic rings. The van der Waals surface area contributed by atoms with Gasteiger partial charge in [0.2, 0.25) is 0 Å². The third kappa shape index (κ3) is 7.12. The Morgan fingerprint density at radius 3 is 2.22 bits per heavy atom. The van der Waals surface area contributed by atoms with E-state index in [2.05, 4.69) is 17.6 Å². The number of amides is 2. The van der Waals surface area contributed by atoms with Crippen LogP contribution in [0.4, 0.5) is 16.2 Å². The van der Waals surface area contributed by atoms with Gasteiger partial charge in [-0.1, -0.05) is 49.4 Å². The molecule has 2 amide bonds. The Bertz CT molecular complexity index is 779. The number of ether oxygens (including phenoxy) is 1. The molecule has 0 heterocycles. The van der Waals surface area contributed by atoms with E-state index < -0.39 is 6.03 Å². The monoisotopic (exact) mass is 408 g/mol. The molecule has 5 nitrogen and oxygen atoms in total. The Labute approximate surface area is 169 Å². The van der Waals surface area contributed by atoms with E-state index in [9.17, 15) is 9.59 Å². The Balaban J connectivity index is 1.82. The average Bonchev–Trinajstić information content (AvgIpc) is 2.65. The first-order valence-corrected chi connectivity index (χ1v) is 9.55. The van der Waals surface area contributed by atoms with Gasteiger partial charge in [0.15, 0.2) is 0 Å². The lowest BCUT2D eigenvalue weighted by molar-refractivity contribution is 0.0498. The highest BCUT2D eigenvalue weighted by molar-refractivity contribution is 6.42. The predicted octanol–water partition coefficient (Wildman–Crippen LogP) is 6.37. The van der Waals surface area contributed by atoms with E-state index in [1.807, 2.05) is 0 Å². The van der Waals surface area contributed by atoms with Crippen LogP contribution in [0.2, 0.25) is 10.0 Å². The highest BCUT2D eigenvalue weighted by atomic mass is 35.5. The van der Waals surface area contributed by atoms with Gasteiger partial charge in [-0.25, -0.2) is 9.59 Å². The van der Waals surface area contributed by atoms with Crippen molar-refractivity contribution in [2.75, 3.05) is 17.2 Å². The Morgan fingerprint density at radius 1 is 0.889 bits per heavy atom. The van der Waals surface area contributed by atoms with Crippen LogP contribution >= 0.6 is 23.2 Å². The van der Waals surface area contributed by atoms with Gasteiger partial charge in [0.05, 0.1) is 22.2 Å². The van der Waals surface area contributed by atoms with E-state index in [1.54, 1.807) is 42.5 Å². The van der Waals surface area contributed by atoms with Gasteiger partial charge in [0, 0.05) is 11.4 Å². The maximum absolute atomic E-state index is 12.0. The van der Waals surface area contributed by atoms with Crippen LogP contribution in [0.25, 0.3) is 0 Å². The second kappa shape index (κ2) is 10.8. The molecule has 0 aliphatic rings. The molecular formula is C20H22Cl2N2O3. The van der Waals surface area contributed by atoms with Crippen LogP contribution < -0.4 is 10.6 Å². The van der Waals surface area contributed by atoms with Crippen molar-refractivity contribution in [1.29, 1.82) is 0 Å². The molecule has 2 N–H and O–H groups in total. The van der Waals surface area contributed by atoms with Gasteiger partial charge in [0.1, 0.15) is 0 Å². The second-order valence-corrected chi connectivity index (χ2v) is 6.80. The number of esters is 1. The maximum atomic E-state index is 12.0. The number of benzene rings is 2. The fraction of sp³-hybridized carbons (Fsp3) is 0.300. The maximum Gasteiger partial charge on any atom is 0.338 e. The standard InChI is InChI=1S/C20H22Cl2N2O3/c1-2-3-4-5-12-27-19(25)14-6-8-15(9-7-14)23-20(26)24-16-10-11-17(21)18(22)13-16/h6-11,13H,2-5,12H2,1H3,(H2,23,24,26). The number of hydrogen-bond donors (Lipinski definition) is 2. The quantitative estimate of drug-likeness (QED) is 0.393. The number of nitrogens with one attached hydrogen (secondary N) is 2. The summed E-state index contributed by atoms with van der Waals surface area (Å²) in [5.41, 5.74) is 1.51. The van der Waals surface area contributed by atoms with Gasteiger partial charge in [-0.15, -0.1) is 0 Å². The number of halogens is 2. The Morgan fingerprint density at radius 2 is 1.56 bits per heavy atom. The van der Waals surface area contributed by atoms with Crippen LogP contribution in [0.1, 0.15) is 43.0 Å². The van der Waals surface area contributed by atoms with Gasteiger partial charge in [-0.2, -0.15) is 0 Å². The van der Waals surface area contributed by atoms with Crippen molar-refractivity contribution < 1.29 is 14.3 Å². The van der Waals surface area contributed by atoms with Crippen LogP contribution in [0, 0.1) is 0 Å². The summed E-state index contributed by atoms with van der Waals surface area (Å²) in [7, 11) is 0. The lowest BCUT2D eigenvalue weighted by Crippen LogP contribution is -2.19. The zero-order valence-corrected chi connectivity index (χ0v) is 16.6. The van der Waals surface area contributed by atoms with Gasteiger partial charge in [-0.3, -0.25) is 0 Å². The summed E-state index contributed by atoms with van der Waals surface area (Å²) >= 11 is 11.8. The minimum Gasteiger partial charge on any atom is -0.462 e. The number of rotatable bonds is 8. The SMILES string of the molecule is CCCCCCOC(=O)c1ccc(NC(=O)Nc2ccc(Cl)c(Cl)c2)cc1. The van der Waals surface area contributed by atoms with E-state index in [-0.39, 0.29) is 5.97 Å². The van der Waals surface area contributed by atoms with Crippen LogP contribution in [-0.4, -0.2) is 18.6 Å². The predicted molar refractivity (Wildman–Crippen MR) is 110 cm³/mol. The molecule has 0 aliphatic heterocycles. The van der Waals surface area contributed by atoms with E-state index in [1.165, 1.54) is 0 Å². The molecule has 0 saturated heterocycles. The zero-order chi connectivity index (χ0) is 19.6. The third-order valence-electron chi connectivity index (χ3n) is 3.79. The first-order chi connectivity index (χ1) is 13.0. The number of urea groups is 1. The average molecular weight is 409 g/mol. The fourth-order valence-electron chi connectivity index (χ4n) is 2.33. The summed E-state index contributed by atoms with van der Waals surface area (Å²) in [5.74, 6) is -0.363. The molecule has 0 unspecified atom stereocenters. The molecule has 0 saturated carbocycles. The molecule has 0 bridgehead atoms. The first-order valence-electron chi connectivity index (χ1n) is 8.80. The minimum atomic E-state index is -0.431. The smallest absolute Gasteiger partial charge is 0.338 e. The number of carbonyl (C=O) groups excluding carboxylic acids is 2. The van der Waals surface area contributed by atoms with E-state index in [0.29, 0.717) is 33.6 Å². The van der Waals surface area contributed by atoms with E-state index in [0.717, 1.165) is 25.7 Å². The van der Waals surface area contributed by atoms with E-state index in [4.69, 9.17) is 27.9 Å². The highest BCUT2D eigenvalue weighted by Crippen LogP contribution is 2.25. The molecule has 0 atom stereocenters. The number of unbranched alkanes of at least 4 members (excludes halogenated alkanes) is 3. The first kappa shape index (κ1) is 21.1. The topological polar surface area (TPSA) is 67.4 Å². The zero-order valence-electron chi connectivity index (χ0n) is 15.1. The third-order valence-corrected chi connectivity index (χ3v) is 4.53. The van der Waals surface area contributed by atoms with Crippen LogP contribution in [0.3, 0.4) is 0 Å². The lowest BCUT2D eigenvalue weighted by atomic mass is 10.2. The molecule has 0 aromatic heterocycles. The number of carbonyl (C=O) groups is 2. The van der Waals surface area contributed by atoms with Gasteiger partial charge < -0.3 is 15.4 Å². The summed E-state index contributed by atoms with van der Waals surface area (Å²) in [5, 5.41) is 6.10. The molecule has 27 heavy (non-hydrogen) atoms. The van der Waals surface area contributed by atoms with Gasteiger partial charge >= 0.3 is 12.0 Å². The van der Waals surface area contributed by atoms with Crippen LogP contribution in [0.5, 0.6) is 0 Å². The molecule has 0 radical (unpaired) electrons. The number of anilines is 2. The Kier molecular flexibility index (Phi) is 8.43. The summed E-state index contributed by atoms with van der Waals surface area (Å²) in [6, 6.07) is 10.9. The molecule has 2 aromatic carbocycles. The molecular weight excluding hydrogens is 387 g/mol. The minimum absolute atomic E-state index is 0.354. The van der Waals surface area contributed by atoms with Gasteiger partial charge in [-0.05, 0) is 48.9 Å². The van der Waals surface area contributed by atoms with Crippen LogP contribution in [0.15, 0.2) is 42.5 Å². The van der Waals surface area contributed by atoms with Gasteiger partial charge in [0.25, 0.3) is 0 Å². The molecule has 7 heteroatoms. The molecule has 2 rings (SSSR count). The molecule has 0 spiro atoms. The second-order valence-electron chi connectivity index (χ2n) is 5.98. The normalized spacial score (nSPS) is 10.3. The van der Waals surface area contributed by atoms with Crippen molar-refractivity contribution in [3.05, 3.63) is 58.1 Å². The highest BCUT2D eigenvalue weighted by Gasteiger charge is 2.08. The largest absolute Gasteiger partial charge is 0.462 e. The van der Waals surface area contributed by atoms with Crippen molar-refractivity contribution in [1.82, 2.24) is 0 Å². The fourth-order valence-corrected chi connectivity index (χ4v) is 2.63. The molecule has 0 fully saturated rings. The number of hydrogen-bond acceptors (Lipinski definition) is 3. The van der Waals surface area contributed by atoms with Crippen molar-refractivity contribution in [3.8, 4) is 0 Å². The summed E-state index contributed by atoms with van der Waals surface area (Å²) in [6.45, 7) is 2.55. The summed E-state index contributed by atoms with van der Waals surface area (Å²) < 4.78 is 5.23. The summed E-state index contributed by atoms with van der Waals surface area (Å²) in [6.07, 6.45) is 4.21. The van der Waals surface area contributed by atoms with Crippen molar-refractivity contribution in [2.24, 2.45) is 0 Å². The molecule has 144 valence electrons. The van der Waals surface area contributed by atoms with Crippen molar-refractivity contribution in [2.45, 2.75) is 32.6 Å².